The summed E-state index contributed by atoms with van der Waals surface area (Å²) in [6.07, 6.45) is 0. The molecular formula is C20H24N2O4. The van der Waals surface area contributed by atoms with Crippen molar-refractivity contribution in [3.63, 3.8) is 0 Å². The zero-order valence-electron chi connectivity index (χ0n) is 15.1. The van der Waals surface area contributed by atoms with Gasteiger partial charge in [-0.3, -0.25) is 4.79 Å². The maximum absolute atomic E-state index is 12.6. The summed E-state index contributed by atoms with van der Waals surface area (Å²) in [5.74, 6) is 0.235. The zero-order valence-corrected chi connectivity index (χ0v) is 15.1. The molecule has 1 amide bonds. The number of rotatable bonds is 5. The molecule has 6 nitrogen and oxygen atoms in total. The molecular weight excluding hydrogens is 332 g/mol. The van der Waals surface area contributed by atoms with Crippen molar-refractivity contribution < 1.29 is 19.4 Å². The molecule has 1 heterocycles. The topological polar surface area (TPSA) is 62.2 Å². The van der Waals surface area contributed by atoms with Gasteiger partial charge in [0.1, 0.15) is 11.5 Å². The first-order chi connectivity index (χ1) is 12.6. The second-order valence-electron chi connectivity index (χ2n) is 6.31. The summed E-state index contributed by atoms with van der Waals surface area (Å²) >= 11 is 0. The molecule has 26 heavy (non-hydrogen) atoms. The number of benzene rings is 2. The van der Waals surface area contributed by atoms with Crippen LogP contribution < -0.4 is 9.64 Å². The molecule has 2 aromatic rings. The summed E-state index contributed by atoms with van der Waals surface area (Å²) in [5.41, 5.74) is 2.42. The van der Waals surface area contributed by atoms with Gasteiger partial charge in [-0.15, -0.1) is 0 Å². The van der Waals surface area contributed by atoms with Crippen LogP contribution in [-0.4, -0.2) is 56.4 Å². The standard InChI is InChI=1S/C20H24N2O4/c1-21(20(24)18-13-17(25-2)7-8-19(18)23)14-15-3-5-16(6-4-15)22-9-11-26-12-10-22/h3-8,13,23H,9-12,14H2,1-2H3. The number of hydrogen-bond acceptors (Lipinski definition) is 5. The number of phenols is 1. The van der Waals surface area contributed by atoms with Crippen LogP contribution in [0, 0.1) is 0 Å². The van der Waals surface area contributed by atoms with E-state index in [4.69, 9.17) is 9.47 Å². The van der Waals surface area contributed by atoms with Crippen molar-refractivity contribution in [2.75, 3.05) is 45.4 Å². The maximum Gasteiger partial charge on any atom is 0.257 e. The number of amides is 1. The Hall–Kier alpha value is -2.73. The lowest BCUT2D eigenvalue weighted by atomic mass is 10.1. The first-order valence-corrected chi connectivity index (χ1v) is 8.62. The van der Waals surface area contributed by atoms with E-state index in [1.165, 1.54) is 13.2 Å². The number of ether oxygens (including phenoxy) is 2. The Morgan fingerprint density at radius 3 is 2.54 bits per heavy atom. The van der Waals surface area contributed by atoms with Gasteiger partial charge in [0.25, 0.3) is 5.91 Å². The highest BCUT2D eigenvalue weighted by molar-refractivity contribution is 5.97. The average molecular weight is 356 g/mol. The lowest BCUT2D eigenvalue weighted by Crippen LogP contribution is -2.36. The maximum atomic E-state index is 12.6. The fourth-order valence-corrected chi connectivity index (χ4v) is 3.00. The van der Waals surface area contributed by atoms with E-state index in [1.807, 2.05) is 12.1 Å². The van der Waals surface area contributed by atoms with Crippen LogP contribution in [-0.2, 0) is 11.3 Å². The van der Waals surface area contributed by atoms with Gasteiger partial charge in [0.2, 0.25) is 0 Å². The van der Waals surface area contributed by atoms with E-state index < -0.39 is 0 Å². The summed E-state index contributed by atoms with van der Waals surface area (Å²) in [7, 11) is 3.25. The summed E-state index contributed by atoms with van der Waals surface area (Å²) in [5, 5.41) is 9.98. The smallest absolute Gasteiger partial charge is 0.257 e. The molecule has 0 radical (unpaired) electrons. The SMILES string of the molecule is COc1ccc(O)c(C(=O)N(C)Cc2ccc(N3CCOCC3)cc2)c1. The molecule has 0 aliphatic carbocycles. The molecule has 2 aromatic carbocycles. The number of morpholine rings is 1. The number of carbonyl (C=O) groups excluding carboxylic acids is 1. The van der Waals surface area contributed by atoms with Gasteiger partial charge in [-0.05, 0) is 35.9 Å². The first kappa shape index (κ1) is 18.1. The highest BCUT2D eigenvalue weighted by Gasteiger charge is 2.17. The van der Waals surface area contributed by atoms with Gasteiger partial charge >= 0.3 is 0 Å². The molecule has 1 N–H and O–H groups in total. The molecule has 0 aromatic heterocycles. The summed E-state index contributed by atoms with van der Waals surface area (Å²) in [4.78, 5) is 16.5. The first-order valence-electron chi connectivity index (χ1n) is 8.62. The Morgan fingerprint density at radius 1 is 1.19 bits per heavy atom. The van der Waals surface area contributed by atoms with Gasteiger partial charge < -0.3 is 24.4 Å². The number of aromatic hydroxyl groups is 1. The van der Waals surface area contributed by atoms with E-state index in [0.29, 0.717) is 12.3 Å². The minimum Gasteiger partial charge on any atom is -0.507 e. The molecule has 0 atom stereocenters. The van der Waals surface area contributed by atoms with Crippen LogP contribution >= 0.6 is 0 Å². The molecule has 0 spiro atoms. The van der Waals surface area contributed by atoms with E-state index in [2.05, 4.69) is 17.0 Å². The highest BCUT2D eigenvalue weighted by Crippen LogP contribution is 2.25. The lowest BCUT2D eigenvalue weighted by Gasteiger charge is -2.29. The fraction of sp³-hybridized carbons (Fsp3) is 0.350. The van der Waals surface area contributed by atoms with Crippen LogP contribution in [0.1, 0.15) is 15.9 Å². The van der Waals surface area contributed by atoms with Crippen LogP contribution in [0.4, 0.5) is 5.69 Å². The molecule has 1 aliphatic rings. The van der Waals surface area contributed by atoms with Crippen molar-refractivity contribution >= 4 is 11.6 Å². The number of nitrogens with zero attached hydrogens (tertiary/aromatic N) is 2. The van der Waals surface area contributed by atoms with Gasteiger partial charge in [0, 0.05) is 32.4 Å². The average Bonchev–Trinajstić information content (AvgIpc) is 2.69. The van der Waals surface area contributed by atoms with Crippen molar-refractivity contribution in [1.82, 2.24) is 4.90 Å². The van der Waals surface area contributed by atoms with Crippen LogP contribution in [0.2, 0.25) is 0 Å². The highest BCUT2D eigenvalue weighted by atomic mass is 16.5. The van der Waals surface area contributed by atoms with Crippen LogP contribution in [0.3, 0.4) is 0 Å². The second kappa shape index (κ2) is 8.10. The Kier molecular flexibility index (Phi) is 5.63. The Bertz CT molecular complexity index is 755. The predicted octanol–water partition coefficient (Wildman–Crippen LogP) is 2.51. The molecule has 1 aliphatic heterocycles. The number of anilines is 1. The van der Waals surface area contributed by atoms with Gasteiger partial charge in [-0.1, -0.05) is 12.1 Å². The minimum absolute atomic E-state index is 0.0506. The van der Waals surface area contributed by atoms with Crippen molar-refractivity contribution in [2.45, 2.75) is 6.54 Å². The van der Waals surface area contributed by atoms with Crippen molar-refractivity contribution in [3.05, 3.63) is 53.6 Å². The molecule has 1 fully saturated rings. The number of carbonyl (C=O) groups is 1. The third-order valence-electron chi connectivity index (χ3n) is 4.51. The summed E-state index contributed by atoms with van der Waals surface area (Å²) in [6, 6.07) is 12.8. The van der Waals surface area contributed by atoms with E-state index >= 15 is 0 Å². The molecule has 138 valence electrons. The molecule has 3 rings (SSSR count). The quantitative estimate of drug-likeness (QED) is 0.892. The van der Waals surface area contributed by atoms with Gasteiger partial charge in [-0.25, -0.2) is 0 Å². The molecule has 0 bridgehead atoms. The molecule has 6 heteroatoms. The van der Waals surface area contributed by atoms with Gasteiger partial charge in [0.05, 0.1) is 25.9 Å². The van der Waals surface area contributed by atoms with Gasteiger partial charge in [0.15, 0.2) is 0 Å². The van der Waals surface area contributed by atoms with Crippen molar-refractivity contribution in [1.29, 1.82) is 0 Å². The van der Waals surface area contributed by atoms with Crippen molar-refractivity contribution in [2.24, 2.45) is 0 Å². The van der Waals surface area contributed by atoms with Gasteiger partial charge in [-0.2, -0.15) is 0 Å². The number of phenolic OH excluding ortho intramolecular Hbond substituents is 1. The Balaban J connectivity index is 1.67. The lowest BCUT2D eigenvalue weighted by molar-refractivity contribution is 0.0781. The predicted molar refractivity (Wildman–Crippen MR) is 99.9 cm³/mol. The third kappa shape index (κ3) is 4.08. The Morgan fingerprint density at radius 2 is 1.88 bits per heavy atom. The fourth-order valence-electron chi connectivity index (χ4n) is 3.00. The zero-order chi connectivity index (χ0) is 18.5. The normalized spacial score (nSPS) is 14.2. The van der Waals surface area contributed by atoms with E-state index in [-0.39, 0.29) is 17.2 Å². The Labute approximate surface area is 153 Å². The van der Waals surface area contributed by atoms with E-state index in [0.717, 1.165) is 37.6 Å². The number of methoxy groups -OCH3 is 1. The molecule has 1 saturated heterocycles. The van der Waals surface area contributed by atoms with Crippen molar-refractivity contribution in [3.8, 4) is 11.5 Å². The third-order valence-corrected chi connectivity index (χ3v) is 4.51. The van der Waals surface area contributed by atoms with E-state index in [9.17, 15) is 9.90 Å². The monoisotopic (exact) mass is 356 g/mol. The van der Waals surface area contributed by atoms with E-state index in [1.54, 1.807) is 24.1 Å². The number of hydrogen-bond donors (Lipinski definition) is 1. The second-order valence-corrected chi connectivity index (χ2v) is 6.31. The van der Waals surface area contributed by atoms with Crippen LogP contribution in [0.15, 0.2) is 42.5 Å². The minimum atomic E-state index is -0.251. The molecule has 0 unspecified atom stereocenters. The van der Waals surface area contributed by atoms with Crippen LogP contribution in [0.5, 0.6) is 11.5 Å². The summed E-state index contributed by atoms with van der Waals surface area (Å²) in [6.45, 7) is 3.75. The van der Waals surface area contributed by atoms with Crippen LogP contribution in [0.25, 0.3) is 0 Å². The largest absolute Gasteiger partial charge is 0.507 e. The summed E-state index contributed by atoms with van der Waals surface area (Å²) < 4.78 is 10.5. The molecule has 0 saturated carbocycles.